The van der Waals surface area contributed by atoms with Gasteiger partial charge in [-0.15, -0.1) is 0 Å². The van der Waals surface area contributed by atoms with Crippen molar-refractivity contribution in [2.75, 3.05) is 19.7 Å². The Balaban J connectivity index is 1.88. The standard InChI is InChI=1S/C18H29NO2/c1-14(2)13-19-10-9-18(3,20)12-17-16-7-5-4-6-15(16)8-11-21-17/h4-7,14,17,19-20H,8-13H2,1-3H3. The molecule has 0 spiro atoms. The van der Waals surface area contributed by atoms with Gasteiger partial charge in [-0.1, -0.05) is 38.1 Å². The van der Waals surface area contributed by atoms with Crippen LogP contribution in [0.3, 0.4) is 0 Å². The van der Waals surface area contributed by atoms with Gasteiger partial charge in [0.25, 0.3) is 0 Å². The summed E-state index contributed by atoms with van der Waals surface area (Å²) in [5.74, 6) is 0.642. The first kappa shape index (κ1) is 16.5. The average Bonchev–Trinajstić information content (AvgIpc) is 2.44. The second kappa shape index (κ2) is 7.39. The number of fused-ring (bicyclic) bond motifs is 1. The minimum atomic E-state index is -0.695. The molecule has 0 saturated carbocycles. The van der Waals surface area contributed by atoms with Gasteiger partial charge < -0.3 is 15.2 Å². The minimum Gasteiger partial charge on any atom is -0.390 e. The van der Waals surface area contributed by atoms with Crippen LogP contribution >= 0.6 is 0 Å². The molecule has 2 atom stereocenters. The first-order valence-corrected chi connectivity index (χ1v) is 8.10. The van der Waals surface area contributed by atoms with E-state index >= 15 is 0 Å². The summed E-state index contributed by atoms with van der Waals surface area (Å²) < 4.78 is 5.90. The predicted molar refractivity (Wildman–Crippen MR) is 86.4 cm³/mol. The van der Waals surface area contributed by atoms with E-state index in [0.717, 1.165) is 32.5 Å². The number of hydrogen-bond acceptors (Lipinski definition) is 3. The third-order valence-electron chi connectivity index (χ3n) is 4.11. The normalized spacial score (nSPS) is 21.1. The molecule has 1 aromatic carbocycles. The fraction of sp³-hybridized carbons (Fsp3) is 0.667. The fourth-order valence-electron chi connectivity index (χ4n) is 2.90. The van der Waals surface area contributed by atoms with Crippen LogP contribution in [0.4, 0.5) is 0 Å². The largest absolute Gasteiger partial charge is 0.390 e. The van der Waals surface area contributed by atoms with Gasteiger partial charge in [-0.25, -0.2) is 0 Å². The molecule has 3 heteroatoms. The summed E-state index contributed by atoms with van der Waals surface area (Å²) in [6, 6.07) is 8.44. The van der Waals surface area contributed by atoms with Gasteiger partial charge in [-0.05, 0) is 49.9 Å². The highest BCUT2D eigenvalue weighted by molar-refractivity contribution is 5.31. The van der Waals surface area contributed by atoms with E-state index in [-0.39, 0.29) is 6.10 Å². The molecule has 0 saturated heterocycles. The van der Waals surface area contributed by atoms with Gasteiger partial charge in [0.1, 0.15) is 0 Å². The summed E-state index contributed by atoms with van der Waals surface area (Å²) in [5, 5.41) is 14.0. The monoisotopic (exact) mass is 291 g/mol. The second-order valence-electron chi connectivity index (χ2n) is 6.86. The number of hydrogen-bond donors (Lipinski definition) is 2. The van der Waals surface area contributed by atoms with Crippen LogP contribution in [0, 0.1) is 5.92 Å². The minimum absolute atomic E-state index is 0.0232. The Bertz CT molecular complexity index is 443. The summed E-state index contributed by atoms with van der Waals surface area (Å²) in [6.07, 6.45) is 2.41. The fourth-order valence-corrected chi connectivity index (χ4v) is 2.90. The topological polar surface area (TPSA) is 41.5 Å². The smallest absolute Gasteiger partial charge is 0.0855 e. The molecule has 118 valence electrons. The summed E-state index contributed by atoms with van der Waals surface area (Å²) in [5.41, 5.74) is 1.92. The van der Waals surface area contributed by atoms with Gasteiger partial charge in [-0.3, -0.25) is 0 Å². The van der Waals surface area contributed by atoms with Gasteiger partial charge in [-0.2, -0.15) is 0 Å². The lowest BCUT2D eigenvalue weighted by Crippen LogP contribution is -2.34. The molecule has 2 unspecified atom stereocenters. The van der Waals surface area contributed by atoms with Gasteiger partial charge in [0.15, 0.2) is 0 Å². The van der Waals surface area contributed by atoms with Crippen molar-refractivity contribution in [3.05, 3.63) is 35.4 Å². The Morgan fingerprint density at radius 1 is 1.38 bits per heavy atom. The van der Waals surface area contributed by atoms with Crippen LogP contribution in [0.2, 0.25) is 0 Å². The van der Waals surface area contributed by atoms with E-state index in [1.54, 1.807) is 0 Å². The van der Waals surface area contributed by atoms with Crippen LogP contribution in [0.1, 0.15) is 50.8 Å². The van der Waals surface area contributed by atoms with Crippen molar-refractivity contribution in [3.8, 4) is 0 Å². The second-order valence-corrected chi connectivity index (χ2v) is 6.86. The van der Waals surface area contributed by atoms with Gasteiger partial charge in [0.05, 0.1) is 18.3 Å². The maximum Gasteiger partial charge on any atom is 0.0855 e. The Morgan fingerprint density at radius 3 is 2.90 bits per heavy atom. The lowest BCUT2D eigenvalue weighted by atomic mass is 9.88. The van der Waals surface area contributed by atoms with E-state index in [4.69, 9.17) is 4.74 Å². The molecule has 2 rings (SSSR count). The summed E-state index contributed by atoms with van der Waals surface area (Å²) in [4.78, 5) is 0. The highest BCUT2D eigenvalue weighted by atomic mass is 16.5. The van der Waals surface area contributed by atoms with E-state index in [1.807, 2.05) is 6.92 Å². The molecule has 1 heterocycles. The Hall–Kier alpha value is -0.900. The van der Waals surface area contributed by atoms with Gasteiger partial charge >= 0.3 is 0 Å². The lowest BCUT2D eigenvalue weighted by molar-refractivity contribution is -0.0402. The van der Waals surface area contributed by atoms with E-state index in [9.17, 15) is 5.11 Å². The highest BCUT2D eigenvalue weighted by Crippen LogP contribution is 2.34. The molecule has 0 radical (unpaired) electrons. The van der Waals surface area contributed by atoms with Crippen LogP contribution in [0.25, 0.3) is 0 Å². The lowest BCUT2D eigenvalue weighted by Gasteiger charge is -2.32. The molecule has 1 aliphatic heterocycles. The molecule has 0 aliphatic carbocycles. The van der Waals surface area contributed by atoms with Crippen molar-refractivity contribution in [1.82, 2.24) is 5.32 Å². The zero-order chi connectivity index (χ0) is 15.3. The molecular formula is C18H29NO2. The molecule has 0 fully saturated rings. The van der Waals surface area contributed by atoms with Crippen molar-refractivity contribution in [2.45, 2.75) is 51.7 Å². The van der Waals surface area contributed by atoms with Crippen LogP contribution in [0.5, 0.6) is 0 Å². The third-order valence-corrected chi connectivity index (χ3v) is 4.11. The van der Waals surface area contributed by atoms with Crippen LogP contribution in [0.15, 0.2) is 24.3 Å². The van der Waals surface area contributed by atoms with Gasteiger partial charge in [0.2, 0.25) is 0 Å². The zero-order valence-electron chi connectivity index (χ0n) is 13.6. The van der Waals surface area contributed by atoms with E-state index < -0.39 is 5.60 Å². The average molecular weight is 291 g/mol. The predicted octanol–water partition coefficient (Wildman–Crippen LogP) is 3.08. The van der Waals surface area contributed by atoms with Crippen LogP contribution in [-0.2, 0) is 11.2 Å². The summed E-state index contributed by atoms with van der Waals surface area (Å²) in [6.45, 7) is 8.91. The van der Waals surface area contributed by atoms with Crippen molar-refractivity contribution >= 4 is 0 Å². The number of nitrogens with one attached hydrogen (secondary N) is 1. The van der Waals surface area contributed by atoms with E-state index in [0.29, 0.717) is 12.3 Å². The third kappa shape index (κ3) is 5.10. The quantitative estimate of drug-likeness (QED) is 0.759. The van der Waals surface area contributed by atoms with Crippen molar-refractivity contribution < 1.29 is 9.84 Å². The Labute approximate surface area is 128 Å². The number of rotatable bonds is 7. The maximum atomic E-state index is 10.6. The van der Waals surface area contributed by atoms with Crippen molar-refractivity contribution in [2.24, 2.45) is 5.92 Å². The number of benzene rings is 1. The van der Waals surface area contributed by atoms with Crippen LogP contribution < -0.4 is 5.32 Å². The first-order chi connectivity index (χ1) is 9.98. The van der Waals surface area contributed by atoms with Gasteiger partial charge in [0, 0.05) is 6.42 Å². The molecule has 0 aromatic heterocycles. The van der Waals surface area contributed by atoms with Crippen molar-refractivity contribution in [3.63, 3.8) is 0 Å². The van der Waals surface area contributed by atoms with Crippen LogP contribution in [-0.4, -0.2) is 30.4 Å². The zero-order valence-corrected chi connectivity index (χ0v) is 13.6. The highest BCUT2D eigenvalue weighted by Gasteiger charge is 2.29. The maximum absolute atomic E-state index is 10.6. The molecule has 0 bridgehead atoms. The number of ether oxygens (including phenoxy) is 1. The molecular weight excluding hydrogens is 262 g/mol. The first-order valence-electron chi connectivity index (χ1n) is 8.10. The molecule has 1 aliphatic rings. The Kier molecular flexibility index (Phi) is 5.80. The molecule has 1 aromatic rings. The molecule has 3 nitrogen and oxygen atoms in total. The van der Waals surface area contributed by atoms with E-state index in [2.05, 4.69) is 43.4 Å². The Morgan fingerprint density at radius 2 is 2.14 bits per heavy atom. The molecule has 0 amide bonds. The van der Waals surface area contributed by atoms with E-state index in [1.165, 1.54) is 11.1 Å². The number of aliphatic hydroxyl groups is 1. The molecule has 21 heavy (non-hydrogen) atoms. The van der Waals surface area contributed by atoms with Crippen molar-refractivity contribution in [1.29, 1.82) is 0 Å². The summed E-state index contributed by atoms with van der Waals surface area (Å²) >= 11 is 0. The summed E-state index contributed by atoms with van der Waals surface area (Å²) in [7, 11) is 0. The SMILES string of the molecule is CC(C)CNCCC(C)(O)CC1OCCc2ccccc21. The molecule has 2 N–H and O–H groups in total.